The fourth-order valence-electron chi connectivity index (χ4n) is 0.608. The second-order valence-electron chi connectivity index (χ2n) is 2.08. The molecular formula is C8H14N2. The average molecular weight is 138 g/mol. The summed E-state index contributed by atoms with van der Waals surface area (Å²) < 4.78 is 0. The predicted octanol–water partition coefficient (Wildman–Crippen LogP) is 2.06. The SMILES string of the molecule is C=NC(=C)NC(=C)CCC. The molecule has 2 heteroatoms. The van der Waals surface area contributed by atoms with E-state index in [0.29, 0.717) is 5.82 Å². The lowest BCUT2D eigenvalue weighted by Crippen LogP contribution is -2.08. The number of aliphatic imine (C=N–C) groups is 1. The Morgan fingerprint density at radius 3 is 2.50 bits per heavy atom. The van der Waals surface area contributed by atoms with Crippen LogP contribution in [-0.2, 0) is 0 Å². The molecule has 2 nitrogen and oxygen atoms in total. The van der Waals surface area contributed by atoms with Gasteiger partial charge in [-0.15, -0.1) is 0 Å². The third-order valence-electron chi connectivity index (χ3n) is 1.06. The molecule has 0 aliphatic heterocycles. The van der Waals surface area contributed by atoms with Crippen LogP contribution in [0.2, 0.25) is 0 Å². The maximum absolute atomic E-state index is 3.77. The van der Waals surface area contributed by atoms with Crippen LogP contribution in [0.15, 0.2) is 29.7 Å². The van der Waals surface area contributed by atoms with Crippen molar-refractivity contribution in [1.82, 2.24) is 5.32 Å². The molecule has 0 fully saturated rings. The minimum atomic E-state index is 0.568. The summed E-state index contributed by atoms with van der Waals surface area (Å²) in [6.07, 6.45) is 2.03. The topological polar surface area (TPSA) is 24.4 Å². The van der Waals surface area contributed by atoms with Gasteiger partial charge in [0.2, 0.25) is 0 Å². The molecule has 0 radical (unpaired) electrons. The Balaban J connectivity index is 3.57. The molecule has 0 bridgehead atoms. The van der Waals surface area contributed by atoms with Crippen LogP contribution in [0.5, 0.6) is 0 Å². The van der Waals surface area contributed by atoms with E-state index in [9.17, 15) is 0 Å². The molecule has 10 heavy (non-hydrogen) atoms. The Labute approximate surface area is 62.4 Å². The van der Waals surface area contributed by atoms with E-state index in [-0.39, 0.29) is 0 Å². The summed E-state index contributed by atoms with van der Waals surface area (Å²) in [6, 6.07) is 0. The minimum Gasteiger partial charge on any atom is -0.345 e. The maximum atomic E-state index is 3.77. The molecule has 0 aromatic carbocycles. The number of nitrogens with one attached hydrogen (secondary N) is 1. The summed E-state index contributed by atoms with van der Waals surface area (Å²) >= 11 is 0. The summed E-state index contributed by atoms with van der Waals surface area (Å²) in [7, 11) is 0. The zero-order chi connectivity index (χ0) is 7.98. The van der Waals surface area contributed by atoms with E-state index in [1.54, 1.807) is 0 Å². The van der Waals surface area contributed by atoms with E-state index < -0.39 is 0 Å². The first-order chi connectivity index (χ1) is 4.70. The van der Waals surface area contributed by atoms with E-state index in [2.05, 4.69) is 37.1 Å². The fourth-order valence-corrected chi connectivity index (χ4v) is 0.608. The molecule has 0 spiro atoms. The zero-order valence-electron chi connectivity index (χ0n) is 6.48. The van der Waals surface area contributed by atoms with Crippen molar-refractivity contribution in [2.24, 2.45) is 4.99 Å². The van der Waals surface area contributed by atoms with Gasteiger partial charge in [-0.1, -0.05) is 26.5 Å². The molecule has 0 aromatic heterocycles. The fraction of sp³-hybridized carbons (Fsp3) is 0.375. The largest absolute Gasteiger partial charge is 0.345 e. The van der Waals surface area contributed by atoms with Crippen LogP contribution in [0, 0.1) is 0 Å². The van der Waals surface area contributed by atoms with E-state index in [1.165, 1.54) is 0 Å². The van der Waals surface area contributed by atoms with E-state index >= 15 is 0 Å². The van der Waals surface area contributed by atoms with Crippen molar-refractivity contribution in [2.45, 2.75) is 19.8 Å². The second-order valence-corrected chi connectivity index (χ2v) is 2.08. The molecule has 0 aromatic rings. The molecule has 56 valence electrons. The van der Waals surface area contributed by atoms with Gasteiger partial charge in [-0.3, -0.25) is 0 Å². The quantitative estimate of drug-likeness (QED) is 0.578. The van der Waals surface area contributed by atoms with Crippen molar-refractivity contribution in [1.29, 1.82) is 0 Å². The Hall–Kier alpha value is -1.05. The lowest BCUT2D eigenvalue weighted by Gasteiger charge is -2.05. The van der Waals surface area contributed by atoms with E-state index in [4.69, 9.17) is 0 Å². The van der Waals surface area contributed by atoms with Crippen molar-refractivity contribution in [3.63, 3.8) is 0 Å². The monoisotopic (exact) mass is 138 g/mol. The lowest BCUT2D eigenvalue weighted by molar-refractivity contribution is 0.816. The molecule has 0 rings (SSSR count). The van der Waals surface area contributed by atoms with Crippen molar-refractivity contribution < 1.29 is 0 Å². The molecule has 1 N–H and O–H groups in total. The number of nitrogens with zero attached hydrogens (tertiary/aromatic N) is 1. The van der Waals surface area contributed by atoms with Crippen molar-refractivity contribution >= 4 is 6.72 Å². The highest BCUT2D eigenvalue weighted by atomic mass is 15.0. The lowest BCUT2D eigenvalue weighted by atomic mass is 10.3. The second kappa shape index (κ2) is 4.79. The third kappa shape index (κ3) is 3.89. The van der Waals surface area contributed by atoms with Crippen LogP contribution in [0.1, 0.15) is 19.8 Å². The smallest absolute Gasteiger partial charge is 0.121 e. The van der Waals surface area contributed by atoms with Gasteiger partial charge in [0.25, 0.3) is 0 Å². The van der Waals surface area contributed by atoms with Crippen molar-refractivity contribution in [3.8, 4) is 0 Å². The maximum Gasteiger partial charge on any atom is 0.121 e. The van der Waals surface area contributed by atoms with Crippen LogP contribution < -0.4 is 5.32 Å². The van der Waals surface area contributed by atoms with Gasteiger partial charge in [-0.25, -0.2) is 4.99 Å². The molecule has 0 saturated carbocycles. The predicted molar refractivity (Wildman–Crippen MR) is 45.9 cm³/mol. The molecule has 0 amide bonds. The minimum absolute atomic E-state index is 0.568. The Kier molecular flexibility index (Phi) is 4.29. The number of hydrogen-bond acceptors (Lipinski definition) is 2. The summed E-state index contributed by atoms with van der Waals surface area (Å²) in [6.45, 7) is 12.8. The summed E-state index contributed by atoms with van der Waals surface area (Å²) in [5, 5.41) is 2.91. The first-order valence-electron chi connectivity index (χ1n) is 3.31. The van der Waals surface area contributed by atoms with Crippen LogP contribution in [0.25, 0.3) is 0 Å². The highest BCUT2D eigenvalue weighted by molar-refractivity contribution is 5.28. The van der Waals surface area contributed by atoms with Gasteiger partial charge < -0.3 is 5.32 Å². The van der Waals surface area contributed by atoms with Crippen molar-refractivity contribution in [3.05, 3.63) is 24.7 Å². The molecule has 0 aliphatic carbocycles. The number of hydrogen-bond donors (Lipinski definition) is 1. The first-order valence-corrected chi connectivity index (χ1v) is 3.31. The van der Waals surface area contributed by atoms with Gasteiger partial charge in [0.1, 0.15) is 5.82 Å². The molecule has 0 saturated heterocycles. The van der Waals surface area contributed by atoms with Gasteiger partial charge in [-0.2, -0.15) is 0 Å². The van der Waals surface area contributed by atoms with Gasteiger partial charge in [0.15, 0.2) is 0 Å². The summed E-state index contributed by atoms with van der Waals surface area (Å²) in [5.41, 5.74) is 0.944. The molecule has 0 heterocycles. The summed E-state index contributed by atoms with van der Waals surface area (Å²) in [4.78, 5) is 3.59. The molecular weight excluding hydrogens is 124 g/mol. The molecule has 0 aliphatic rings. The van der Waals surface area contributed by atoms with Crippen LogP contribution in [0.3, 0.4) is 0 Å². The molecule has 0 unspecified atom stereocenters. The Morgan fingerprint density at radius 1 is 1.50 bits per heavy atom. The first kappa shape index (κ1) is 8.95. The number of allylic oxidation sites excluding steroid dienone is 1. The standard InChI is InChI=1S/C8H14N2/c1-5-6-7(2)10-8(3)9-4/h10H,2-6H2,1H3. The highest BCUT2D eigenvalue weighted by Gasteiger charge is 1.90. The normalized spacial score (nSPS) is 8.50. The summed E-state index contributed by atoms with van der Waals surface area (Å²) in [5.74, 6) is 0.568. The van der Waals surface area contributed by atoms with Gasteiger partial charge in [0.05, 0.1) is 0 Å². The zero-order valence-corrected chi connectivity index (χ0v) is 6.48. The van der Waals surface area contributed by atoms with Gasteiger partial charge in [-0.05, 0) is 13.1 Å². The van der Waals surface area contributed by atoms with Crippen LogP contribution >= 0.6 is 0 Å². The van der Waals surface area contributed by atoms with Crippen molar-refractivity contribution in [2.75, 3.05) is 0 Å². The Bertz CT molecular complexity index is 147. The third-order valence-corrected chi connectivity index (χ3v) is 1.06. The highest BCUT2D eigenvalue weighted by Crippen LogP contribution is 1.99. The number of rotatable bonds is 5. The van der Waals surface area contributed by atoms with E-state index in [0.717, 1.165) is 18.5 Å². The van der Waals surface area contributed by atoms with Gasteiger partial charge in [0, 0.05) is 5.70 Å². The van der Waals surface area contributed by atoms with E-state index in [1.807, 2.05) is 0 Å². The average Bonchev–Trinajstić information content (AvgIpc) is 1.88. The van der Waals surface area contributed by atoms with Gasteiger partial charge >= 0.3 is 0 Å². The molecule has 0 atom stereocenters. The Morgan fingerprint density at radius 2 is 2.10 bits per heavy atom. The van der Waals surface area contributed by atoms with Crippen LogP contribution in [0.4, 0.5) is 0 Å². The van der Waals surface area contributed by atoms with Crippen LogP contribution in [-0.4, -0.2) is 6.72 Å².